The number of halogens is 3. The van der Waals surface area contributed by atoms with Crippen molar-refractivity contribution in [3.63, 3.8) is 0 Å². The van der Waals surface area contributed by atoms with Gasteiger partial charge in [-0.1, -0.05) is 35.3 Å². The van der Waals surface area contributed by atoms with E-state index in [0.717, 1.165) is 6.07 Å². The molecule has 30 heavy (non-hydrogen) atoms. The number of benzene rings is 3. The molecule has 6 nitrogen and oxygen atoms in total. The Balaban J connectivity index is 1.92. The van der Waals surface area contributed by atoms with Gasteiger partial charge in [0.1, 0.15) is 11.6 Å². The molecule has 156 valence electrons. The van der Waals surface area contributed by atoms with Crippen LogP contribution in [0.4, 0.5) is 15.8 Å². The Kier molecular flexibility index (Phi) is 6.50. The molecule has 3 rings (SSSR count). The predicted octanol–water partition coefficient (Wildman–Crippen LogP) is 5.19. The summed E-state index contributed by atoms with van der Waals surface area (Å²) < 4.78 is 46.9. The Morgan fingerprint density at radius 3 is 2.40 bits per heavy atom. The van der Waals surface area contributed by atoms with Crippen molar-refractivity contribution in [2.24, 2.45) is 0 Å². The van der Waals surface area contributed by atoms with Gasteiger partial charge in [-0.15, -0.1) is 0 Å². The maximum atomic E-state index is 13.9. The number of hydrogen-bond donors (Lipinski definition) is 2. The van der Waals surface area contributed by atoms with Crippen LogP contribution in [-0.4, -0.2) is 21.4 Å². The van der Waals surface area contributed by atoms with E-state index in [9.17, 15) is 17.6 Å². The molecule has 0 aromatic heterocycles. The van der Waals surface area contributed by atoms with E-state index in [-0.39, 0.29) is 37.6 Å². The first-order valence-electron chi connectivity index (χ1n) is 8.43. The number of sulfonamides is 1. The average molecular weight is 469 g/mol. The van der Waals surface area contributed by atoms with Crippen LogP contribution in [0.1, 0.15) is 10.4 Å². The molecular formula is C20H15Cl2FN2O4S. The van der Waals surface area contributed by atoms with E-state index in [1.54, 1.807) is 0 Å². The lowest BCUT2D eigenvalue weighted by atomic mass is 10.2. The van der Waals surface area contributed by atoms with Crippen molar-refractivity contribution in [1.82, 2.24) is 0 Å². The van der Waals surface area contributed by atoms with Gasteiger partial charge in [0.15, 0.2) is 0 Å². The summed E-state index contributed by atoms with van der Waals surface area (Å²) in [6, 6.07) is 13.6. The van der Waals surface area contributed by atoms with Gasteiger partial charge in [-0.05, 0) is 48.5 Å². The number of amides is 1. The van der Waals surface area contributed by atoms with Gasteiger partial charge in [-0.2, -0.15) is 0 Å². The van der Waals surface area contributed by atoms with Crippen LogP contribution in [0, 0.1) is 5.82 Å². The minimum absolute atomic E-state index is 0.0581. The molecule has 0 atom stereocenters. The van der Waals surface area contributed by atoms with Crippen LogP contribution in [-0.2, 0) is 10.0 Å². The quantitative estimate of drug-likeness (QED) is 0.520. The highest BCUT2D eigenvalue weighted by molar-refractivity contribution is 7.92. The fourth-order valence-electron chi connectivity index (χ4n) is 2.56. The molecule has 0 saturated heterocycles. The van der Waals surface area contributed by atoms with Gasteiger partial charge in [0.05, 0.1) is 39.0 Å². The molecule has 0 spiro atoms. The van der Waals surface area contributed by atoms with Crippen molar-refractivity contribution < 1.29 is 22.3 Å². The fraction of sp³-hybridized carbons (Fsp3) is 0.0500. The summed E-state index contributed by atoms with van der Waals surface area (Å²) in [7, 11) is -2.67. The fourth-order valence-corrected chi connectivity index (χ4v) is 3.93. The number of nitrogens with one attached hydrogen (secondary N) is 2. The number of rotatable bonds is 6. The maximum absolute atomic E-state index is 13.9. The molecule has 0 bridgehead atoms. The topological polar surface area (TPSA) is 84.5 Å². The Bertz CT molecular complexity index is 1220. The molecule has 10 heteroatoms. The molecule has 0 unspecified atom stereocenters. The minimum atomic E-state index is -4.03. The largest absolute Gasteiger partial charge is 0.495 e. The van der Waals surface area contributed by atoms with Gasteiger partial charge in [0.25, 0.3) is 15.9 Å². The molecule has 0 aliphatic rings. The highest BCUT2D eigenvalue weighted by Crippen LogP contribution is 2.30. The number of hydrogen-bond acceptors (Lipinski definition) is 4. The van der Waals surface area contributed by atoms with E-state index in [2.05, 4.69) is 10.0 Å². The molecular weight excluding hydrogens is 454 g/mol. The SMILES string of the molecule is COc1ccc(S(=O)(=O)Nc2ccc(Cl)c(Cl)c2)cc1NC(=O)c1ccccc1F. The summed E-state index contributed by atoms with van der Waals surface area (Å²) in [5.41, 5.74) is 0.0710. The third-order valence-corrected chi connectivity index (χ3v) is 6.14. The van der Waals surface area contributed by atoms with Crippen molar-refractivity contribution in [3.05, 3.63) is 82.1 Å². The molecule has 3 aromatic carbocycles. The summed E-state index contributed by atoms with van der Waals surface area (Å²) in [5.74, 6) is -1.26. The normalized spacial score (nSPS) is 11.1. The summed E-state index contributed by atoms with van der Waals surface area (Å²) in [4.78, 5) is 12.3. The smallest absolute Gasteiger partial charge is 0.261 e. The summed E-state index contributed by atoms with van der Waals surface area (Å²) in [6.45, 7) is 0. The number of carbonyl (C=O) groups excluding carboxylic acids is 1. The van der Waals surface area contributed by atoms with Crippen molar-refractivity contribution >= 4 is 50.5 Å². The Morgan fingerprint density at radius 2 is 1.73 bits per heavy atom. The molecule has 2 N–H and O–H groups in total. The number of anilines is 2. The van der Waals surface area contributed by atoms with Crippen LogP contribution < -0.4 is 14.8 Å². The number of carbonyl (C=O) groups is 1. The molecule has 0 aliphatic heterocycles. The lowest BCUT2D eigenvalue weighted by molar-refractivity contribution is 0.102. The zero-order valence-electron chi connectivity index (χ0n) is 15.4. The van der Waals surface area contributed by atoms with Crippen LogP contribution in [0.25, 0.3) is 0 Å². The zero-order chi connectivity index (χ0) is 21.9. The molecule has 0 fully saturated rings. The monoisotopic (exact) mass is 468 g/mol. The first-order valence-corrected chi connectivity index (χ1v) is 10.7. The molecule has 3 aromatic rings. The van der Waals surface area contributed by atoms with Gasteiger partial charge in [0.2, 0.25) is 0 Å². The molecule has 0 aliphatic carbocycles. The van der Waals surface area contributed by atoms with Crippen molar-refractivity contribution in [2.75, 3.05) is 17.1 Å². The molecule has 0 heterocycles. The Morgan fingerprint density at radius 1 is 1.00 bits per heavy atom. The van der Waals surface area contributed by atoms with E-state index in [1.807, 2.05) is 0 Å². The van der Waals surface area contributed by atoms with Crippen LogP contribution in [0.15, 0.2) is 65.6 Å². The average Bonchev–Trinajstić information content (AvgIpc) is 2.70. The van der Waals surface area contributed by atoms with Gasteiger partial charge in [-0.3, -0.25) is 9.52 Å². The highest BCUT2D eigenvalue weighted by Gasteiger charge is 2.19. The van der Waals surface area contributed by atoms with Crippen molar-refractivity contribution in [1.29, 1.82) is 0 Å². The third-order valence-electron chi connectivity index (χ3n) is 4.02. The van der Waals surface area contributed by atoms with Gasteiger partial charge in [-0.25, -0.2) is 12.8 Å². The molecule has 1 amide bonds. The Hall–Kier alpha value is -2.81. The second-order valence-electron chi connectivity index (χ2n) is 6.03. The van der Waals surface area contributed by atoms with Gasteiger partial charge < -0.3 is 10.1 Å². The summed E-state index contributed by atoms with van der Waals surface area (Å²) >= 11 is 11.8. The lowest BCUT2D eigenvalue weighted by Crippen LogP contribution is -2.16. The first kappa shape index (κ1) is 21.9. The summed E-state index contributed by atoms with van der Waals surface area (Å²) in [6.07, 6.45) is 0. The van der Waals surface area contributed by atoms with Crippen LogP contribution in [0.5, 0.6) is 5.75 Å². The standard InChI is InChI=1S/C20H15Cl2FN2O4S/c1-29-19-9-7-13(30(27,28)25-12-6-8-15(21)16(22)10-12)11-18(19)24-20(26)14-4-2-3-5-17(14)23/h2-11,25H,1H3,(H,24,26). The van der Waals surface area contributed by atoms with E-state index >= 15 is 0 Å². The van der Waals surface area contributed by atoms with E-state index in [4.69, 9.17) is 27.9 Å². The number of methoxy groups -OCH3 is 1. The molecule has 0 saturated carbocycles. The van der Waals surface area contributed by atoms with E-state index in [0.29, 0.717) is 0 Å². The highest BCUT2D eigenvalue weighted by atomic mass is 35.5. The second kappa shape index (κ2) is 8.91. The van der Waals surface area contributed by atoms with E-state index < -0.39 is 21.7 Å². The predicted molar refractivity (Wildman–Crippen MR) is 115 cm³/mol. The van der Waals surface area contributed by atoms with Crippen molar-refractivity contribution in [3.8, 4) is 5.75 Å². The minimum Gasteiger partial charge on any atom is -0.495 e. The first-order chi connectivity index (χ1) is 14.2. The third kappa shape index (κ3) is 4.84. The van der Waals surface area contributed by atoms with Gasteiger partial charge in [0, 0.05) is 0 Å². The van der Waals surface area contributed by atoms with Crippen molar-refractivity contribution in [2.45, 2.75) is 4.90 Å². The number of ether oxygens (including phenoxy) is 1. The van der Waals surface area contributed by atoms with Crippen LogP contribution in [0.2, 0.25) is 10.0 Å². The zero-order valence-corrected chi connectivity index (χ0v) is 17.8. The van der Waals surface area contributed by atoms with Crippen LogP contribution in [0.3, 0.4) is 0 Å². The molecule has 0 radical (unpaired) electrons. The maximum Gasteiger partial charge on any atom is 0.261 e. The summed E-state index contributed by atoms with van der Waals surface area (Å²) in [5, 5.41) is 2.94. The Labute approximate surface area is 182 Å². The van der Waals surface area contributed by atoms with Crippen LogP contribution >= 0.6 is 23.2 Å². The second-order valence-corrected chi connectivity index (χ2v) is 8.53. The lowest BCUT2D eigenvalue weighted by Gasteiger charge is -2.14. The van der Waals surface area contributed by atoms with E-state index in [1.165, 1.54) is 61.7 Å². The van der Waals surface area contributed by atoms with Gasteiger partial charge >= 0.3 is 0 Å².